The molecule has 2 rings (SSSR count). The topological polar surface area (TPSA) is 52.9 Å². The number of hydrogen-bond acceptors (Lipinski definition) is 3. The first kappa shape index (κ1) is 17.4. The van der Waals surface area contributed by atoms with Gasteiger partial charge in [-0.3, -0.25) is 4.79 Å². The van der Waals surface area contributed by atoms with E-state index in [0.29, 0.717) is 16.3 Å². The summed E-state index contributed by atoms with van der Waals surface area (Å²) >= 11 is 7.56. The predicted octanol–water partition coefficient (Wildman–Crippen LogP) is 4.78. The second-order valence-corrected chi connectivity index (χ2v) is 6.91. The van der Waals surface area contributed by atoms with Gasteiger partial charge in [-0.15, -0.1) is 11.8 Å². The summed E-state index contributed by atoms with van der Waals surface area (Å²) < 4.78 is 0. The van der Waals surface area contributed by atoms with E-state index in [9.17, 15) is 4.79 Å². The lowest BCUT2D eigenvalue weighted by Gasteiger charge is -2.13. The molecule has 0 unspecified atom stereocenters. The van der Waals surface area contributed by atoms with E-state index in [1.165, 1.54) is 11.1 Å². The van der Waals surface area contributed by atoms with Gasteiger partial charge in [0.2, 0.25) is 5.91 Å². The van der Waals surface area contributed by atoms with Crippen molar-refractivity contribution in [3.05, 3.63) is 64.2 Å². The first-order chi connectivity index (χ1) is 11.0. The fraction of sp³-hybridized carbons (Fsp3) is 0.222. The molecule has 1 amide bonds. The number of rotatable bonds is 5. The van der Waals surface area contributed by atoms with Gasteiger partial charge < -0.3 is 5.32 Å². The van der Waals surface area contributed by atoms with Gasteiger partial charge in [-0.1, -0.05) is 35.9 Å². The van der Waals surface area contributed by atoms with Crippen LogP contribution in [0, 0.1) is 18.3 Å². The fourth-order valence-electron chi connectivity index (χ4n) is 1.99. The minimum Gasteiger partial charge on any atom is -0.325 e. The Morgan fingerprint density at radius 2 is 2.09 bits per heavy atom. The molecule has 0 aliphatic carbocycles. The number of anilines is 1. The molecule has 23 heavy (non-hydrogen) atoms. The molecule has 0 radical (unpaired) electrons. The van der Waals surface area contributed by atoms with Crippen LogP contribution in [0.4, 0.5) is 5.69 Å². The lowest BCUT2D eigenvalue weighted by molar-refractivity contribution is -0.115. The standard InChI is InChI=1S/C18H17ClN2OS/c1-12-5-3-4-6-15(12)11-23-13(2)18(22)21-16-8-7-14(10-20)17(19)9-16/h3-9,13H,11H2,1-2H3,(H,21,22)/t13-/m1/s1. The molecular formula is C18H17ClN2OS. The highest BCUT2D eigenvalue weighted by molar-refractivity contribution is 7.99. The van der Waals surface area contributed by atoms with Crippen LogP contribution < -0.4 is 5.32 Å². The SMILES string of the molecule is Cc1ccccc1CS[C@H](C)C(=O)Nc1ccc(C#N)c(Cl)c1. The maximum atomic E-state index is 12.2. The maximum absolute atomic E-state index is 12.2. The Morgan fingerprint density at radius 1 is 1.35 bits per heavy atom. The third-order valence-corrected chi connectivity index (χ3v) is 4.98. The van der Waals surface area contributed by atoms with Crippen molar-refractivity contribution in [2.45, 2.75) is 24.9 Å². The van der Waals surface area contributed by atoms with Crippen molar-refractivity contribution < 1.29 is 4.79 Å². The third-order valence-electron chi connectivity index (χ3n) is 3.48. The number of benzene rings is 2. The molecule has 0 bridgehead atoms. The summed E-state index contributed by atoms with van der Waals surface area (Å²) in [5, 5.41) is 11.8. The van der Waals surface area contributed by atoms with Crippen molar-refractivity contribution in [3.8, 4) is 6.07 Å². The molecule has 2 aromatic carbocycles. The van der Waals surface area contributed by atoms with Gasteiger partial charge in [0.25, 0.3) is 0 Å². The number of carbonyl (C=O) groups excluding carboxylic acids is 1. The van der Waals surface area contributed by atoms with Crippen LogP contribution in [-0.4, -0.2) is 11.2 Å². The number of carbonyl (C=O) groups is 1. The summed E-state index contributed by atoms with van der Waals surface area (Å²) in [5.41, 5.74) is 3.46. The van der Waals surface area contributed by atoms with Crippen LogP contribution in [0.2, 0.25) is 5.02 Å². The Labute approximate surface area is 145 Å². The zero-order valence-corrected chi connectivity index (χ0v) is 14.5. The fourth-order valence-corrected chi connectivity index (χ4v) is 3.18. The van der Waals surface area contributed by atoms with E-state index in [1.54, 1.807) is 30.0 Å². The van der Waals surface area contributed by atoms with Gasteiger partial charge in [-0.25, -0.2) is 0 Å². The number of nitrogens with one attached hydrogen (secondary N) is 1. The van der Waals surface area contributed by atoms with Crippen LogP contribution in [0.1, 0.15) is 23.6 Å². The van der Waals surface area contributed by atoms with Crippen LogP contribution in [0.25, 0.3) is 0 Å². The van der Waals surface area contributed by atoms with Crippen molar-refractivity contribution >= 4 is 35.0 Å². The van der Waals surface area contributed by atoms with Crippen LogP contribution >= 0.6 is 23.4 Å². The monoisotopic (exact) mass is 344 g/mol. The van der Waals surface area contributed by atoms with E-state index in [4.69, 9.17) is 16.9 Å². The molecule has 1 N–H and O–H groups in total. The Balaban J connectivity index is 1.94. The van der Waals surface area contributed by atoms with Gasteiger partial charge in [0.05, 0.1) is 15.8 Å². The highest BCUT2D eigenvalue weighted by Gasteiger charge is 2.14. The predicted molar refractivity (Wildman–Crippen MR) is 96.7 cm³/mol. The molecule has 0 aliphatic rings. The van der Waals surface area contributed by atoms with E-state index in [2.05, 4.69) is 24.4 Å². The summed E-state index contributed by atoms with van der Waals surface area (Å²) in [4.78, 5) is 12.2. The van der Waals surface area contributed by atoms with Crippen molar-refractivity contribution in [1.82, 2.24) is 0 Å². The first-order valence-corrected chi connectivity index (χ1v) is 8.60. The highest BCUT2D eigenvalue weighted by atomic mass is 35.5. The van der Waals surface area contributed by atoms with Crippen molar-refractivity contribution in [2.75, 3.05) is 5.32 Å². The van der Waals surface area contributed by atoms with Crippen LogP contribution in [-0.2, 0) is 10.5 Å². The summed E-state index contributed by atoms with van der Waals surface area (Å²) in [7, 11) is 0. The van der Waals surface area contributed by atoms with Gasteiger partial charge in [0.1, 0.15) is 6.07 Å². The number of nitriles is 1. The molecule has 118 valence electrons. The lowest BCUT2D eigenvalue weighted by Crippen LogP contribution is -2.22. The summed E-state index contributed by atoms with van der Waals surface area (Å²) in [6.45, 7) is 3.95. The van der Waals surface area contributed by atoms with E-state index in [1.807, 2.05) is 25.1 Å². The van der Waals surface area contributed by atoms with Crippen molar-refractivity contribution in [2.24, 2.45) is 0 Å². The molecule has 0 aliphatic heterocycles. The molecule has 0 aromatic heterocycles. The van der Waals surface area contributed by atoms with Gasteiger partial charge in [-0.05, 0) is 43.2 Å². The maximum Gasteiger partial charge on any atom is 0.237 e. The van der Waals surface area contributed by atoms with Gasteiger partial charge >= 0.3 is 0 Å². The second kappa shape index (κ2) is 8.05. The molecule has 0 saturated heterocycles. The smallest absolute Gasteiger partial charge is 0.237 e. The number of amides is 1. The Morgan fingerprint density at radius 3 is 2.74 bits per heavy atom. The molecule has 0 spiro atoms. The highest BCUT2D eigenvalue weighted by Crippen LogP contribution is 2.23. The third kappa shape index (κ3) is 4.75. The van der Waals surface area contributed by atoms with Gasteiger partial charge in [0, 0.05) is 11.4 Å². The summed E-state index contributed by atoms with van der Waals surface area (Å²) in [6, 6.07) is 15.0. The molecule has 0 fully saturated rings. The molecule has 3 nitrogen and oxygen atoms in total. The largest absolute Gasteiger partial charge is 0.325 e. The van der Waals surface area contributed by atoms with E-state index in [0.717, 1.165) is 5.75 Å². The molecule has 1 atom stereocenters. The minimum atomic E-state index is -0.191. The Hall–Kier alpha value is -1.96. The first-order valence-electron chi connectivity index (χ1n) is 7.18. The Kier molecular flexibility index (Phi) is 6.09. The Bertz CT molecular complexity index is 755. The number of nitrogens with zero attached hydrogens (tertiary/aromatic N) is 1. The minimum absolute atomic E-state index is 0.0793. The van der Waals surface area contributed by atoms with Crippen molar-refractivity contribution in [3.63, 3.8) is 0 Å². The van der Waals surface area contributed by atoms with Gasteiger partial charge in [-0.2, -0.15) is 5.26 Å². The average Bonchev–Trinajstić information content (AvgIpc) is 2.54. The molecular weight excluding hydrogens is 328 g/mol. The quantitative estimate of drug-likeness (QED) is 0.849. The van der Waals surface area contributed by atoms with Crippen LogP contribution in [0.15, 0.2) is 42.5 Å². The second-order valence-electron chi connectivity index (χ2n) is 5.18. The number of thioether (sulfide) groups is 1. The van der Waals surface area contributed by atoms with Crippen LogP contribution in [0.5, 0.6) is 0 Å². The number of hydrogen-bond donors (Lipinski definition) is 1. The average molecular weight is 345 g/mol. The number of halogens is 1. The normalized spacial score (nSPS) is 11.6. The molecule has 5 heteroatoms. The van der Waals surface area contributed by atoms with E-state index >= 15 is 0 Å². The number of aryl methyl sites for hydroxylation is 1. The van der Waals surface area contributed by atoms with Crippen LogP contribution in [0.3, 0.4) is 0 Å². The van der Waals surface area contributed by atoms with E-state index in [-0.39, 0.29) is 11.2 Å². The van der Waals surface area contributed by atoms with Gasteiger partial charge in [0.15, 0.2) is 0 Å². The lowest BCUT2D eigenvalue weighted by atomic mass is 10.1. The molecule has 2 aromatic rings. The van der Waals surface area contributed by atoms with Crippen molar-refractivity contribution in [1.29, 1.82) is 5.26 Å². The summed E-state index contributed by atoms with van der Waals surface area (Å²) in [6.07, 6.45) is 0. The summed E-state index contributed by atoms with van der Waals surface area (Å²) in [5.74, 6) is 0.708. The van der Waals surface area contributed by atoms with E-state index < -0.39 is 0 Å². The zero-order valence-electron chi connectivity index (χ0n) is 13.0. The zero-order chi connectivity index (χ0) is 16.8. The molecule has 0 saturated carbocycles. The molecule has 0 heterocycles.